The van der Waals surface area contributed by atoms with E-state index in [1.807, 2.05) is 43.3 Å². The molecule has 2 amide bonds. The van der Waals surface area contributed by atoms with Gasteiger partial charge in [0.1, 0.15) is 0 Å². The molecule has 7 nitrogen and oxygen atoms in total. The Labute approximate surface area is 183 Å². The fourth-order valence-electron chi connectivity index (χ4n) is 4.28. The van der Waals surface area contributed by atoms with Gasteiger partial charge in [0.15, 0.2) is 5.82 Å². The molecule has 1 unspecified atom stereocenters. The number of hydrogen-bond acceptors (Lipinski definition) is 5. The van der Waals surface area contributed by atoms with Crippen molar-refractivity contribution in [3.63, 3.8) is 0 Å². The monoisotopic (exact) mass is 422 g/mol. The Morgan fingerprint density at radius 2 is 1.94 bits per heavy atom. The Morgan fingerprint density at radius 1 is 1.13 bits per heavy atom. The Bertz CT molecular complexity index is 919. The minimum absolute atomic E-state index is 0.00590. The third kappa shape index (κ3) is 5.22. The second kappa shape index (κ2) is 9.92. The first-order chi connectivity index (χ1) is 15.1. The number of carbonyl (C=O) groups excluding carboxylic acids is 2. The van der Waals surface area contributed by atoms with E-state index in [0.717, 1.165) is 56.8 Å². The van der Waals surface area contributed by atoms with Crippen molar-refractivity contribution in [2.75, 3.05) is 36.5 Å². The number of ether oxygens (including phenoxy) is 1. The summed E-state index contributed by atoms with van der Waals surface area (Å²) in [5.41, 5.74) is 2.27. The Balaban J connectivity index is 1.35. The van der Waals surface area contributed by atoms with Crippen molar-refractivity contribution in [3.8, 4) is 0 Å². The van der Waals surface area contributed by atoms with Gasteiger partial charge in [-0.1, -0.05) is 18.2 Å². The normalized spacial score (nSPS) is 19.3. The zero-order valence-electron chi connectivity index (χ0n) is 18.0. The summed E-state index contributed by atoms with van der Waals surface area (Å²) in [6, 6.07) is 11.2. The summed E-state index contributed by atoms with van der Waals surface area (Å²) in [6.07, 6.45) is 5.52. The minimum atomic E-state index is -0.143. The van der Waals surface area contributed by atoms with Crippen LogP contribution in [0.2, 0.25) is 0 Å². The van der Waals surface area contributed by atoms with Gasteiger partial charge in [-0.05, 0) is 56.4 Å². The lowest BCUT2D eigenvalue weighted by atomic mass is 9.95. The van der Waals surface area contributed by atoms with Gasteiger partial charge in [-0.3, -0.25) is 9.59 Å². The molecule has 1 atom stereocenters. The molecule has 164 valence electrons. The SMILES string of the molecule is Cc1ccccc1C(=O)Nc1cccnc1N1CCC(C(=O)NCC2CCCO2)CC1. The third-order valence-corrected chi connectivity index (χ3v) is 6.12. The second-order valence-electron chi connectivity index (χ2n) is 8.29. The van der Waals surface area contributed by atoms with Gasteiger partial charge in [-0.15, -0.1) is 0 Å². The van der Waals surface area contributed by atoms with E-state index in [2.05, 4.69) is 20.5 Å². The molecular weight excluding hydrogens is 392 g/mol. The Hall–Kier alpha value is -2.93. The van der Waals surface area contributed by atoms with Crippen LogP contribution in [0.15, 0.2) is 42.6 Å². The number of piperidine rings is 1. The Kier molecular flexibility index (Phi) is 6.82. The molecule has 4 rings (SSSR count). The van der Waals surface area contributed by atoms with Gasteiger partial charge in [0.2, 0.25) is 5.91 Å². The van der Waals surface area contributed by atoms with Gasteiger partial charge in [-0.25, -0.2) is 4.98 Å². The van der Waals surface area contributed by atoms with Gasteiger partial charge >= 0.3 is 0 Å². The molecule has 2 fully saturated rings. The van der Waals surface area contributed by atoms with E-state index in [0.29, 0.717) is 17.8 Å². The van der Waals surface area contributed by atoms with Crippen LogP contribution in [0.3, 0.4) is 0 Å². The number of aromatic nitrogens is 1. The first-order valence-electron chi connectivity index (χ1n) is 11.1. The van der Waals surface area contributed by atoms with Crippen molar-refractivity contribution in [1.29, 1.82) is 0 Å². The summed E-state index contributed by atoms with van der Waals surface area (Å²) in [4.78, 5) is 32.0. The number of aryl methyl sites for hydroxylation is 1. The number of anilines is 2. The smallest absolute Gasteiger partial charge is 0.256 e. The van der Waals surface area contributed by atoms with E-state index >= 15 is 0 Å². The Morgan fingerprint density at radius 3 is 2.68 bits per heavy atom. The van der Waals surface area contributed by atoms with E-state index in [1.54, 1.807) is 6.20 Å². The molecule has 0 spiro atoms. The van der Waals surface area contributed by atoms with Crippen LogP contribution >= 0.6 is 0 Å². The van der Waals surface area contributed by atoms with E-state index in [1.165, 1.54) is 0 Å². The highest BCUT2D eigenvalue weighted by Crippen LogP contribution is 2.28. The minimum Gasteiger partial charge on any atom is -0.376 e. The number of pyridine rings is 1. The molecule has 3 heterocycles. The van der Waals surface area contributed by atoms with Crippen molar-refractivity contribution in [3.05, 3.63) is 53.7 Å². The fraction of sp³-hybridized carbons (Fsp3) is 0.458. The van der Waals surface area contributed by atoms with Crippen LogP contribution in [0.4, 0.5) is 11.5 Å². The molecule has 7 heteroatoms. The highest BCUT2D eigenvalue weighted by Gasteiger charge is 2.27. The lowest BCUT2D eigenvalue weighted by Gasteiger charge is -2.33. The highest BCUT2D eigenvalue weighted by molar-refractivity contribution is 6.06. The van der Waals surface area contributed by atoms with Gasteiger partial charge in [0.05, 0.1) is 11.8 Å². The van der Waals surface area contributed by atoms with Crippen molar-refractivity contribution < 1.29 is 14.3 Å². The number of benzene rings is 1. The molecule has 1 aromatic heterocycles. The first kappa shape index (κ1) is 21.3. The number of carbonyl (C=O) groups is 2. The molecule has 2 saturated heterocycles. The molecule has 2 N–H and O–H groups in total. The number of amides is 2. The molecule has 2 aliphatic rings. The second-order valence-corrected chi connectivity index (χ2v) is 8.29. The standard InChI is InChI=1S/C24H30N4O3/c1-17-6-2-3-8-20(17)24(30)27-21-9-4-12-25-22(21)28-13-10-18(11-14-28)23(29)26-16-19-7-5-15-31-19/h2-4,6,8-9,12,18-19H,5,7,10-11,13-16H2,1H3,(H,26,29)(H,27,30). The predicted octanol–water partition coefficient (Wildman–Crippen LogP) is 3.15. The average Bonchev–Trinajstić information content (AvgIpc) is 3.32. The zero-order valence-corrected chi connectivity index (χ0v) is 18.0. The van der Waals surface area contributed by atoms with Crippen LogP contribution in [0.25, 0.3) is 0 Å². The third-order valence-electron chi connectivity index (χ3n) is 6.12. The summed E-state index contributed by atoms with van der Waals surface area (Å²) in [5.74, 6) is 0.731. The van der Waals surface area contributed by atoms with Crippen LogP contribution in [-0.2, 0) is 9.53 Å². The summed E-state index contributed by atoms with van der Waals surface area (Å²) in [6.45, 7) is 4.78. The van der Waals surface area contributed by atoms with Crippen LogP contribution in [0.1, 0.15) is 41.6 Å². The molecule has 0 radical (unpaired) electrons. The van der Waals surface area contributed by atoms with Crippen molar-refractivity contribution in [2.24, 2.45) is 5.92 Å². The van der Waals surface area contributed by atoms with Crippen molar-refractivity contribution in [2.45, 2.75) is 38.7 Å². The van der Waals surface area contributed by atoms with Gasteiger partial charge < -0.3 is 20.3 Å². The van der Waals surface area contributed by atoms with E-state index < -0.39 is 0 Å². The summed E-state index contributed by atoms with van der Waals surface area (Å²) in [7, 11) is 0. The molecule has 1 aromatic carbocycles. The van der Waals surface area contributed by atoms with Crippen LogP contribution < -0.4 is 15.5 Å². The molecule has 0 bridgehead atoms. The number of hydrogen-bond donors (Lipinski definition) is 2. The lowest BCUT2D eigenvalue weighted by Crippen LogP contribution is -2.42. The lowest BCUT2D eigenvalue weighted by molar-refractivity contribution is -0.126. The summed E-state index contributed by atoms with van der Waals surface area (Å²) >= 11 is 0. The van der Waals surface area contributed by atoms with E-state index in [9.17, 15) is 9.59 Å². The molecule has 31 heavy (non-hydrogen) atoms. The topological polar surface area (TPSA) is 83.6 Å². The molecule has 2 aromatic rings. The highest BCUT2D eigenvalue weighted by atomic mass is 16.5. The average molecular weight is 423 g/mol. The van der Waals surface area contributed by atoms with Crippen LogP contribution in [-0.4, -0.2) is 49.1 Å². The van der Waals surface area contributed by atoms with E-state index in [-0.39, 0.29) is 23.8 Å². The van der Waals surface area contributed by atoms with Crippen molar-refractivity contribution >= 4 is 23.3 Å². The molecule has 0 aliphatic carbocycles. The van der Waals surface area contributed by atoms with Crippen molar-refractivity contribution in [1.82, 2.24) is 10.3 Å². The van der Waals surface area contributed by atoms with Crippen LogP contribution in [0, 0.1) is 12.8 Å². The summed E-state index contributed by atoms with van der Waals surface area (Å²) in [5, 5.41) is 6.07. The first-order valence-corrected chi connectivity index (χ1v) is 11.1. The maximum atomic E-state index is 12.8. The van der Waals surface area contributed by atoms with E-state index in [4.69, 9.17) is 4.74 Å². The quantitative estimate of drug-likeness (QED) is 0.747. The predicted molar refractivity (Wildman–Crippen MR) is 120 cm³/mol. The molecule has 2 aliphatic heterocycles. The zero-order chi connectivity index (χ0) is 21.6. The number of rotatable bonds is 6. The maximum absolute atomic E-state index is 12.8. The van der Waals surface area contributed by atoms with Gasteiger partial charge in [0.25, 0.3) is 5.91 Å². The van der Waals surface area contributed by atoms with Crippen LogP contribution in [0.5, 0.6) is 0 Å². The molecule has 0 saturated carbocycles. The number of nitrogens with zero attached hydrogens (tertiary/aromatic N) is 2. The largest absolute Gasteiger partial charge is 0.376 e. The van der Waals surface area contributed by atoms with Gasteiger partial charge in [0, 0.05) is 43.9 Å². The number of nitrogens with one attached hydrogen (secondary N) is 2. The molecular formula is C24H30N4O3. The fourth-order valence-corrected chi connectivity index (χ4v) is 4.28. The maximum Gasteiger partial charge on any atom is 0.256 e. The summed E-state index contributed by atoms with van der Waals surface area (Å²) < 4.78 is 5.58. The van der Waals surface area contributed by atoms with Gasteiger partial charge in [-0.2, -0.15) is 0 Å².